The van der Waals surface area contributed by atoms with Crippen molar-refractivity contribution in [3.63, 3.8) is 0 Å². The Morgan fingerprint density at radius 2 is 2.00 bits per heavy atom. The fourth-order valence-corrected chi connectivity index (χ4v) is 2.96. The molecule has 1 amide bonds. The number of aliphatic hydroxyl groups is 1. The van der Waals surface area contributed by atoms with Crippen molar-refractivity contribution in [2.75, 3.05) is 0 Å². The van der Waals surface area contributed by atoms with Crippen LogP contribution in [0.2, 0.25) is 10.0 Å². The number of rotatable bonds is 3. The Hall–Kier alpha value is -1.03. The highest BCUT2D eigenvalue weighted by molar-refractivity contribution is 6.35. The number of hydrogen-bond donors (Lipinski definition) is 2. The van der Waals surface area contributed by atoms with Gasteiger partial charge in [-0.3, -0.25) is 4.79 Å². The molecule has 0 aromatic heterocycles. The van der Waals surface area contributed by atoms with E-state index in [1.165, 1.54) is 6.08 Å². The monoisotopic (exact) mass is 327 g/mol. The standard InChI is InChI=1S/C16H19Cl2NO2/c17-12-8-6-11(13(18)10-12)7-9-16(21)19-14-4-2-1-3-5-15(14)20/h6-10,14-15,20H,1-5H2,(H,19,21)/b9-7+. The van der Waals surface area contributed by atoms with Crippen LogP contribution in [0.5, 0.6) is 0 Å². The first-order valence-corrected chi connectivity index (χ1v) is 7.93. The maximum absolute atomic E-state index is 11.9. The average molecular weight is 328 g/mol. The molecule has 2 N–H and O–H groups in total. The number of hydrogen-bond acceptors (Lipinski definition) is 2. The molecule has 0 radical (unpaired) electrons. The molecule has 114 valence electrons. The van der Waals surface area contributed by atoms with Crippen LogP contribution in [0.25, 0.3) is 6.08 Å². The van der Waals surface area contributed by atoms with Crippen LogP contribution < -0.4 is 5.32 Å². The Kier molecular flexibility index (Phi) is 6.09. The highest BCUT2D eigenvalue weighted by Gasteiger charge is 2.22. The summed E-state index contributed by atoms with van der Waals surface area (Å²) < 4.78 is 0. The van der Waals surface area contributed by atoms with Crippen molar-refractivity contribution < 1.29 is 9.90 Å². The molecule has 1 aliphatic carbocycles. The molecular formula is C16H19Cl2NO2. The predicted molar refractivity (Wildman–Crippen MR) is 86.5 cm³/mol. The summed E-state index contributed by atoms with van der Waals surface area (Å²) in [5, 5.41) is 13.9. The van der Waals surface area contributed by atoms with Gasteiger partial charge in [-0.25, -0.2) is 0 Å². The molecule has 2 atom stereocenters. The first kappa shape index (κ1) is 16.3. The zero-order chi connectivity index (χ0) is 15.2. The molecule has 3 nitrogen and oxygen atoms in total. The van der Waals surface area contributed by atoms with Gasteiger partial charge in [0.15, 0.2) is 0 Å². The molecular weight excluding hydrogens is 309 g/mol. The van der Waals surface area contributed by atoms with E-state index in [4.69, 9.17) is 23.2 Å². The number of carbonyl (C=O) groups is 1. The highest BCUT2D eigenvalue weighted by Crippen LogP contribution is 2.22. The van der Waals surface area contributed by atoms with E-state index in [-0.39, 0.29) is 11.9 Å². The molecule has 0 spiro atoms. The fourth-order valence-electron chi connectivity index (χ4n) is 2.49. The van der Waals surface area contributed by atoms with Crippen LogP contribution >= 0.6 is 23.2 Å². The smallest absolute Gasteiger partial charge is 0.244 e. The van der Waals surface area contributed by atoms with Crippen LogP contribution in [0.15, 0.2) is 24.3 Å². The summed E-state index contributed by atoms with van der Waals surface area (Å²) in [6.07, 6.45) is 7.37. The zero-order valence-corrected chi connectivity index (χ0v) is 13.2. The summed E-state index contributed by atoms with van der Waals surface area (Å²) in [4.78, 5) is 11.9. The van der Waals surface area contributed by atoms with Crippen LogP contribution in [0.4, 0.5) is 0 Å². The van der Waals surface area contributed by atoms with Gasteiger partial charge >= 0.3 is 0 Å². The molecule has 2 unspecified atom stereocenters. The molecule has 1 aromatic rings. The molecule has 2 rings (SSSR count). The molecule has 0 saturated heterocycles. The lowest BCUT2D eigenvalue weighted by Gasteiger charge is -2.20. The van der Waals surface area contributed by atoms with Crippen molar-refractivity contribution in [3.8, 4) is 0 Å². The van der Waals surface area contributed by atoms with Crippen LogP contribution in [0.1, 0.15) is 37.7 Å². The Morgan fingerprint density at radius 3 is 2.76 bits per heavy atom. The molecule has 1 fully saturated rings. The SMILES string of the molecule is O=C(/C=C/c1ccc(Cl)cc1Cl)NC1CCCCCC1O. The van der Waals surface area contributed by atoms with Crippen LogP contribution in [0, 0.1) is 0 Å². The van der Waals surface area contributed by atoms with Gasteiger partial charge in [0.1, 0.15) is 0 Å². The van der Waals surface area contributed by atoms with Crippen molar-refractivity contribution in [3.05, 3.63) is 39.9 Å². The quantitative estimate of drug-likeness (QED) is 0.655. The second-order valence-electron chi connectivity index (χ2n) is 5.32. The third-order valence-corrected chi connectivity index (χ3v) is 4.25. The molecule has 0 aliphatic heterocycles. The van der Waals surface area contributed by atoms with E-state index < -0.39 is 6.10 Å². The summed E-state index contributed by atoms with van der Waals surface area (Å²) in [7, 11) is 0. The molecule has 1 saturated carbocycles. The van der Waals surface area contributed by atoms with Crippen molar-refractivity contribution in [1.29, 1.82) is 0 Å². The number of amides is 1. The molecule has 0 bridgehead atoms. The summed E-state index contributed by atoms with van der Waals surface area (Å²) >= 11 is 11.9. The average Bonchev–Trinajstić information content (AvgIpc) is 2.63. The van der Waals surface area contributed by atoms with E-state index in [1.54, 1.807) is 24.3 Å². The minimum absolute atomic E-state index is 0.162. The van der Waals surface area contributed by atoms with Crippen molar-refractivity contribution in [2.45, 2.75) is 44.2 Å². The first-order chi connectivity index (χ1) is 10.1. The van der Waals surface area contributed by atoms with Gasteiger partial charge in [0.2, 0.25) is 5.91 Å². The highest BCUT2D eigenvalue weighted by atomic mass is 35.5. The first-order valence-electron chi connectivity index (χ1n) is 7.18. The van der Waals surface area contributed by atoms with Gasteiger partial charge in [-0.2, -0.15) is 0 Å². The number of aliphatic hydroxyl groups excluding tert-OH is 1. The van der Waals surface area contributed by atoms with Crippen LogP contribution in [-0.2, 0) is 4.79 Å². The Balaban J connectivity index is 1.95. The number of halogens is 2. The van der Waals surface area contributed by atoms with Crippen molar-refractivity contribution in [2.24, 2.45) is 0 Å². The van der Waals surface area contributed by atoms with Gasteiger partial charge in [0.05, 0.1) is 12.1 Å². The van der Waals surface area contributed by atoms with Gasteiger partial charge < -0.3 is 10.4 Å². The lowest BCUT2D eigenvalue weighted by Crippen LogP contribution is -2.41. The Morgan fingerprint density at radius 1 is 1.24 bits per heavy atom. The molecule has 1 aliphatic rings. The van der Waals surface area contributed by atoms with Gasteiger partial charge in [-0.1, -0.05) is 48.5 Å². The second-order valence-corrected chi connectivity index (χ2v) is 6.16. The summed E-state index contributed by atoms with van der Waals surface area (Å²) in [5.41, 5.74) is 0.734. The maximum atomic E-state index is 11.9. The van der Waals surface area contributed by atoms with Crippen LogP contribution in [0.3, 0.4) is 0 Å². The van der Waals surface area contributed by atoms with Gasteiger partial charge in [-0.15, -0.1) is 0 Å². The number of nitrogens with one attached hydrogen (secondary N) is 1. The minimum Gasteiger partial charge on any atom is -0.391 e. The third-order valence-electron chi connectivity index (χ3n) is 3.68. The zero-order valence-electron chi connectivity index (χ0n) is 11.7. The Bertz CT molecular complexity index is 531. The minimum atomic E-state index is -0.455. The normalized spacial score (nSPS) is 23.0. The lowest BCUT2D eigenvalue weighted by atomic mass is 10.1. The largest absolute Gasteiger partial charge is 0.391 e. The van der Waals surface area contributed by atoms with E-state index in [1.807, 2.05) is 0 Å². The summed E-state index contributed by atoms with van der Waals surface area (Å²) in [6.45, 7) is 0. The molecule has 21 heavy (non-hydrogen) atoms. The lowest BCUT2D eigenvalue weighted by molar-refractivity contribution is -0.118. The third kappa shape index (κ3) is 5.03. The van der Waals surface area contributed by atoms with Crippen molar-refractivity contribution in [1.82, 2.24) is 5.32 Å². The van der Waals surface area contributed by atoms with Crippen molar-refractivity contribution >= 4 is 35.2 Å². The van der Waals surface area contributed by atoms with Crippen LogP contribution in [-0.4, -0.2) is 23.2 Å². The topological polar surface area (TPSA) is 49.3 Å². The van der Waals surface area contributed by atoms with E-state index in [0.717, 1.165) is 37.7 Å². The van der Waals surface area contributed by atoms with Gasteiger partial charge in [-0.05, 0) is 36.6 Å². The summed E-state index contributed by atoms with van der Waals surface area (Å²) in [5.74, 6) is -0.216. The Labute approximate surface area is 134 Å². The predicted octanol–water partition coefficient (Wildman–Crippen LogP) is 3.82. The molecule has 0 heterocycles. The number of carbonyl (C=O) groups excluding carboxylic acids is 1. The number of benzene rings is 1. The van der Waals surface area contributed by atoms with E-state index >= 15 is 0 Å². The van der Waals surface area contributed by atoms with E-state index in [0.29, 0.717) is 10.0 Å². The molecule has 1 aromatic carbocycles. The second kappa shape index (κ2) is 7.83. The summed E-state index contributed by atoms with van der Waals surface area (Å²) in [6, 6.07) is 4.95. The maximum Gasteiger partial charge on any atom is 0.244 e. The van der Waals surface area contributed by atoms with Gasteiger partial charge in [0, 0.05) is 16.1 Å². The molecule has 5 heteroatoms. The van der Waals surface area contributed by atoms with E-state index in [9.17, 15) is 9.90 Å². The van der Waals surface area contributed by atoms with E-state index in [2.05, 4.69) is 5.32 Å². The van der Waals surface area contributed by atoms with Gasteiger partial charge in [0.25, 0.3) is 0 Å². The fraction of sp³-hybridized carbons (Fsp3) is 0.438.